The maximum atomic E-state index is 12.9. The molecule has 1 aliphatic heterocycles. The van der Waals surface area contributed by atoms with Crippen molar-refractivity contribution < 1.29 is 9.53 Å². The van der Waals surface area contributed by atoms with Crippen LogP contribution in [0.4, 0.5) is 5.95 Å². The van der Waals surface area contributed by atoms with Crippen molar-refractivity contribution in [1.29, 1.82) is 10.5 Å². The predicted octanol–water partition coefficient (Wildman–Crippen LogP) is 4.43. The summed E-state index contributed by atoms with van der Waals surface area (Å²) in [6, 6.07) is 8.08. The fourth-order valence-electron chi connectivity index (χ4n) is 5.41. The van der Waals surface area contributed by atoms with Gasteiger partial charge in [-0.1, -0.05) is 0 Å². The monoisotopic (exact) mass is 440 g/mol. The quantitative estimate of drug-likeness (QED) is 0.684. The van der Waals surface area contributed by atoms with E-state index in [1.165, 1.54) is 6.08 Å². The number of amides is 1. The van der Waals surface area contributed by atoms with Crippen LogP contribution < -0.4 is 10.1 Å². The number of nitriles is 2. The fourth-order valence-corrected chi connectivity index (χ4v) is 5.41. The van der Waals surface area contributed by atoms with E-state index >= 15 is 0 Å². The van der Waals surface area contributed by atoms with Gasteiger partial charge in [0.15, 0.2) is 0 Å². The van der Waals surface area contributed by atoms with E-state index in [-0.39, 0.29) is 22.9 Å². The summed E-state index contributed by atoms with van der Waals surface area (Å²) in [5.41, 5.74) is 3.36. The molecule has 0 spiro atoms. The van der Waals surface area contributed by atoms with E-state index in [9.17, 15) is 10.1 Å². The van der Waals surface area contributed by atoms with E-state index in [1.807, 2.05) is 39.0 Å². The van der Waals surface area contributed by atoms with Crippen LogP contribution in [0.3, 0.4) is 0 Å². The highest BCUT2D eigenvalue weighted by molar-refractivity contribution is 5.98. The predicted molar refractivity (Wildman–Crippen MR) is 121 cm³/mol. The van der Waals surface area contributed by atoms with Crippen LogP contribution in [0.5, 0.6) is 11.6 Å². The molecule has 1 unspecified atom stereocenters. The second kappa shape index (κ2) is 7.05. The minimum Gasteiger partial charge on any atom is -0.438 e. The highest BCUT2D eigenvalue weighted by Gasteiger charge is 2.69. The molecule has 3 aliphatic carbocycles. The van der Waals surface area contributed by atoms with Gasteiger partial charge in [-0.3, -0.25) is 4.79 Å². The van der Waals surface area contributed by atoms with Crippen molar-refractivity contribution >= 4 is 17.9 Å². The molecule has 3 fully saturated rings. The smallest absolute Gasteiger partial charge is 0.273 e. The maximum Gasteiger partial charge on any atom is 0.273 e. The van der Waals surface area contributed by atoms with Crippen LogP contribution >= 0.6 is 0 Å². The van der Waals surface area contributed by atoms with Gasteiger partial charge in [0.2, 0.25) is 11.8 Å². The molecular formula is C25H24N6O2. The van der Waals surface area contributed by atoms with Crippen LogP contribution in [0.25, 0.3) is 6.08 Å². The van der Waals surface area contributed by atoms with Gasteiger partial charge < -0.3 is 15.0 Å². The summed E-state index contributed by atoms with van der Waals surface area (Å²) in [6.45, 7) is 5.81. The number of anilines is 1. The number of benzene rings is 1. The van der Waals surface area contributed by atoms with Crippen LogP contribution in [-0.2, 0) is 0 Å². The van der Waals surface area contributed by atoms with Gasteiger partial charge in [0.1, 0.15) is 11.4 Å². The van der Waals surface area contributed by atoms with Crippen molar-refractivity contribution in [3.05, 3.63) is 46.2 Å². The lowest BCUT2D eigenvalue weighted by atomic mass is 9.40. The summed E-state index contributed by atoms with van der Waals surface area (Å²) in [6.07, 6.45) is 5.50. The van der Waals surface area contributed by atoms with Crippen LogP contribution in [0, 0.1) is 41.9 Å². The minimum atomic E-state index is -0.216. The van der Waals surface area contributed by atoms with Crippen LogP contribution in [0.2, 0.25) is 0 Å². The molecule has 166 valence electrons. The molecule has 2 aromatic rings. The molecule has 1 amide bonds. The number of ether oxygens (including phenoxy) is 1. The Bertz CT molecular complexity index is 1270. The lowest BCUT2D eigenvalue weighted by molar-refractivity contribution is -0.0665. The average Bonchev–Trinajstić information content (AvgIpc) is 2.94. The Morgan fingerprint density at radius 1 is 1.21 bits per heavy atom. The first-order valence-corrected chi connectivity index (χ1v) is 10.9. The van der Waals surface area contributed by atoms with Gasteiger partial charge in [-0.15, -0.1) is 0 Å². The summed E-state index contributed by atoms with van der Waals surface area (Å²) < 4.78 is 6.36. The SMILES string of the molecule is Cc1cc(/C=C/C#N)cc(C)c1Oc1nc(NC23CC(C#N)(C2)C3)nc2c1C(C)N(C)C2=O. The van der Waals surface area contributed by atoms with Gasteiger partial charge >= 0.3 is 0 Å². The first kappa shape index (κ1) is 21.0. The van der Waals surface area contributed by atoms with Crippen molar-refractivity contribution in [2.75, 3.05) is 12.4 Å². The second-order valence-electron chi connectivity index (χ2n) is 9.58. The van der Waals surface area contributed by atoms with Crippen molar-refractivity contribution in [2.45, 2.75) is 51.6 Å². The van der Waals surface area contributed by atoms with Crippen LogP contribution in [-0.4, -0.2) is 33.4 Å². The molecule has 2 heterocycles. The minimum absolute atomic E-state index is 0.163. The van der Waals surface area contributed by atoms with E-state index < -0.39 is 0 Å². The van der Waals surface area contributed by atoms with E-state index in [0.717, 1.165) is 36.0 Å². The third-order valence-electron chi connectivity index (χ3n) is 7.11. The van der Waals surface area contributed by atoms with Crippen molar-refractivity contribution in [3.63, 3.8) is 0 Å². The number of hydrogen-bond acceptors (Lipinski definition) is 7. The van der Waals surface area contributed by atoms with Crippen molar-refractivity contribution in [1.82, 2.24) is 14.9 Å². The summed E-state index contributed by atoms with van der Waals surface area (Å²) in [5.74, 6) is 1.22. The lowest BCUT2D eigenvalue weighted by Crippen LogP contribution is -2.70. The standard InChI is InChI=1S/C25H24N6O2/c1-14-8-17(6-5-7-26)9-15(2)20(14)33-21-18-16(3)31(4)22(32)19(18)28-23(29-21)30-25-10-24(11-25,12-25)13-27/h5-6,8-9,16H,10-12H2,1-4H3,(H,28,29,30)/b6-5+. The molecule has 0 radical (unpaired) electrons. The molecule has 3 saturated carbocycles. The number of aryl methyl sites for hydroxylation is 2. The summed E-state index contributed by atoms with van der Waals surface area (Å²) >= 11 is 0. The third kappa shape index (κ3) is 3.14. The first-order chi connectivity index (χ1) is 15.7. The number of hydrogen-bond donors (Lipinski definition) is 1. The Kier molecular flexibility index (Phi) is 4.48. The number of nitrogens with zero attached hydrogens (tertiary/aromatic N) is 5. The number of carbonyl (C=O) groups is 1. The molecule has 33 heavy (non-hydrogen) atoms. The number of carbonyl (C=O) groups excluding carboxylic acids is 1. The topological polar surface area (TPSA) is 115 Å². The molecule has 2 bridgehead atoms. The molecular weight excluding hydrogens is 416 g/mol. The van der Waals surface area contributed by atoms with E-state index in [2.05, 4.69) is 16.4 Å². The van der Waals surface area contributed by atoms with Gasteiger partial charge in [0.05, 0.1) is 29.2 Å². The van der Waals surface area contributed by atoms with Gasteiger partial charge in [0, 0.05) is 18.7 Å². The Hall–Kier alpha value is -3.91. The van der Waals surface area contributed by atoms with E-state index in [1.54, 1.807) is 18.0 Å². The Labute approximate surface area is 192 Å². The van der Waals surface area contributed by atoms with Gasteiger partial charge in [-0.05, 0) is 74.9 Å². The van der Waals surface area contributed by atoms with E-state index in [4.69, 9.17) is 15.0 Å². The normalized spacial score (nSPS) is 26.8. The molecule has 8 heteroatoms. The van der Waals surface area contributed by atoms with Crippen LogP contribution in [0.1, 0.15) is 65.0 Å². The number of aromatic nitrogens is 2. The number of nitrogens with one attached hydrogen (secondary N) is 1. The maximum absolute atomic E-state index is 12.9. The van der Waals surface area contributed by atoms with Gasteiger partial charge in [-0.2, -0.15) is 15.5 Å². The van der Waals surface area contributed by atoms with Gasteiger partial charge in [-0.25, -0.2) is 4.98 Å². The Balaban J connectivity index is 1.52. The summed E-state index contributed by atoms with van der Waals surface area (Å²) in [5, 5.41) is 21.5. The molecule has 1 aromatic heterocycles. The number of rotatable bonds is 5. The van der Waals surface area contributed by atoms with Gasteiger partial charge in [0.25, 0.3) is 5.91 Å². The van der Waals surface area contributed by atoms with E-state index in [0.29, 0.717) is 28.8 Å². The summed E-state index contributed by atoms with van der Waals surface area (Å²) in [4.78, 5) is 23.8. The number of allylic oxidation sites excluding steroid dienone is 1. The molecule has 1 aromatic carbocycles. The Morgan fingerprint density at radius 2 is 1.88 bits per heavy atom. The van der Waals surface area contributed by atoms with Crippen LogP contribution in [0.15, 0.2) is 18.2 Å². The first-order valence-electron chi connectivity index (χ1n) is 10.9. The number of fused-ring (bicyclic) bond motifs is 1. The zero-order valence-corrected chi connectivity index (χ0v) is 19.1. The van der Waals surface area contributed by atoms with Crippen molar-refractivity contribution in [3.8, 4) is 23.8 Å². The molecule has 0 saturated heterocycles. The highest BCUT2D eigenvalue weighted by atomic mass is 16.5. The summed E-state index contributed by atoms with van der Waals surface area (Å²) in [7, 11) is 1.75. The zero-order valence-electron chi connectivity index (χ0n) is 19.1. The third-order valence-corrected chi connectivity index (χ3v) is 7.11. The Morgan fingerprint density at radius 3 is 2.48 bits per heavy atom. The molecule has 8 nitrogen and oxygen atoms in total. The largest absolute Gasteiger partial charge is 0.438 e. The molecule has 1 N–H and O–H groups in total. The highest BCUT2D eigenvalue weighted by Crippen LogP contribution is 2.67. The average molecular weight is 441 g/mol. The second-order valence-corrected chi connectivity index (χ2v) is 9.58. The molecule has 4 aliphatic rings. The zero-order chi connectivity index (χ0) is 23.5. The molecule has 6 rings (SSSR count). The fraction of sp³-hybridized carbons (Fsp3) is 0.400. The van der Waals surface area contributed by atoms with Crippen molar-refractivity contribution in [2.24, 2.45) is 5.41 Å². The molecule has 1 atom stereocenters. The lowest BCUT2D eigenvalue weighted by Gasteiger charge is -2.66.